The summed E-state index contributed by atoms with van der Waals surface area (Å²) in [4.78, 5) is 19.5. The topological polar surface area (TPSA) is 63.7 Å². The minimum atomic E-state index is -3.24. The van der Waals surface area contributed by atoms with Gasteiger partial charge in [0.05, 0.1) is 27.7 Å². The van der Waals surface area contributed by atoms with Crippen molar-refractivity contribution in [3.05, 3.63) is 17.8 Å². The van der Waals surface area contributed by atoms with E-state index in [2.05, 4.69) is 19.9 Å². The molecule has 1 atom stereocenters. The molecule has 28 heavy (non-hydrogen) atoms. The third kappa shape index (κ3) is 6.06. The molecule has 1 aromatic heterocycles. The molecule has 1 saturated heterocycles. The number of anilines is 1. The number of halogens is 1. The summed E-state index contributed by atoms with van der Waals surface area (Å²) >= 11 is 0. The standard InChI is InChI=1S/C21H32FN3O3/c1-15(2)11-17(13-27-14-22)23-20(26)18-7-8-19(25-9-3-4-10-25)21(24-18)28-12-16-5-6-16/h7-8,15-17H,3-6,9-14H2,1-2H3,(H,23,26)/i14D2. The molecule has 0 bridgehead atoms. The van der Waals surface area contributed by atoms with E-state index in [0.29, 0.717) is 24.8 Å². The second-order valence-corrected chi connectivity index (χ2v) is 8.16. The fourth-order valence-corrected chi connectivity index (χ4v) is 3.47. The number of hydrogen-bond acceptors (Lipinski definition) is 5. The molecule has 0 aromatic carbocycles. The summed E-state index contributed by atoms with van der Waals surface area (Å²) in [6.07, 6.45) is 5.11. The first-order valence-electron chi connectivity index (χ1n) is 11.2. The lowest BCUT2D eigenvalue weighted by atomic mass is 10.0. The van der Waals surface area contributed by atoms with Crippen molar-refractivity contribution in [1.82, 2.24) is 10.3 Å². The first-order valence-corrected chi connectivity index (χ1v) is 10.2. The Balaban J connectivity index is 1.71. The van der Waals surface area contributed by atoms with Gasteiger partial charge in [-0.2, -0.15) is 0 Å². The van der Waals surface area contributed by atoms with Crippen LogP contribution < -0.4 is 15.0 Å². The normalized spacial score (nSPS) is 19.4. The zero-order chi connectivity index (χ0) is 21.7. The number of amides is 1. The molecule has 1 amide bonds. The number of pyridine rings is 1. The number of carbonyl (C=O) groups is 1. The van der Waals surface area contributed by atoms with Gasteiger partial charge in [-0.15, -0.1) is 0 Å². The Labute approximate surface area is 169 Å². The number of nitrogens with zero attached hydrogens (tertiary/aromatic N) is 2. The van der Waals surface area contributed by atoms with E-state index >= 15 is 0 Å². The molecule has 2 heterocycles. The summed E-state index contributed by atoms with van der Waals surface area (Å²) in [5.74, 6) is 0.854. The molecule has 1 N–H and O–H groups in total. The number of rotatable bonds is 11. The number of nitrogens with one attached hydrogen (secondary N) is 1. The highest BCUT2D eigenvalue weighted by molar-refractivity contribution is 5.93. The van der Waals surface area contributed by atoms with Gasteiger partial charge in [-0.25, -0.2) is 9.37 Å². The van der Waals surface area contributed by atoms with E-state index in [1.54, 1.807) is 6.07 Å². The average molecular weight is 396 g/mol. The molecule has 156 valence electrons. The lowest BCUT2D eigenvalue weighted by Gasteiger charge is -2.22. The Hall–Kier alpha value is -1.89. The van der Waals surface area contributed by atoms with Crippen LogP contribution in [0.4, 0.5) is 10.1 Å². The summed E-state index contributed by atoms with van der Waals surface area (Å²) in [6.45, 7) is 2.95. The second-order valence-electron chi connectivity index (χ2n) is 8.16. The highest BCUT2D eigenvalue weighted by Gasteiger charge is 2.25. The Bertz CT molecular complexity index is 720. The summed E-state index contributed by atoms with van der Waals surface area (Å²) in [7, 11) is 0. The monoisotopic (exact) mass is 395 g/mol. The van der Waals surface area contributed by atoms with Crippen LogP contribution in [0, 0.1) is 11.8 Å². The molecule has 1 aromatic rings. The van der Waals surface area contributed by atoms with Crippen molar-refractivity contribution in [3.63, 3.8) is 0 Å². The molecule has 1 aliphatic heterocycles. The van der Waals surface area contributed by atoms with E-state index in [0.717, 1.165) is 44.5 Å². The summed E-state index contributed by atoms with van der Waals surface area (Å²) in [5.41, 5.74) is 1.14. The van der Waals surface area contributed by atoms with Crippen LogP contribution in [0.3, 0.4) is 0 Å². The fraction of sp³-hybridized carbons (Fsp3) is 0.714. The van der Waals surface area contributed by atoms with Crippen molar-refractivity contribution < 1.29 is 21.4 Å². The molecule has 1 saturated carbocycles. The average Bonchev–Trinajstić information content (AvgIpc) is 3.34. The quantitative estimate of drug-likeness (QED) is 0.621. The molecule has 1 unspecified atom stereocenters. The predicted octanol–water partition coefficient (Wildman–Crippen LogP) is 3.56. The Morgan fingerprint density at radius 2 is 2.14 bits per heavy atom. The van der Waals surface area contributed by atoms with E-state index in [4.69, 9.17) is 7.48 Å². The molecule has 3 rings (SSSR count). The van der Waals surface area contributed by atoms with Crippen LogP contribution in [-0.4, -0.2) is 50.0 Å². The van der Waals surface area contributed by atoms with Gasteiger partial charge in [0.15, 0.2) is 6.81 Å². The molecule has 2 aliphatic rings. The van der Waals surface area contributed by atoms with Crippen molar-refractivity contribution in [3.8, 4) is 5.88 Å². The minimum absolute atomic E-state index is 0.215. The van der Waals surface area contributed by atoms with Crippen LogP contribution in [0.5, 0.6) is 5.88 Å². The summed E-state index contributed by atoms with van der Waals surface area (Å²) < 4.78 is 37.5. The van der Waals surface area contributed by atoms with Gasteiger partial charge in [-0.05, 0) is 56.1 Å². The lowest BCUT2D eigenvalue weighted by molar-refractivity contribution is 0.0385. The maximum Gasteiger partial charge on any atom is 0.270 e. The van der Waals surface area contributed by atoms with Crippen LogP contribution in [0.25, 0.3) is 0 Å². The zero-order valence-corrected chi connectivity index (χ0v) is 16.7. The summed E-state index contributed by atoms with van der Waals surface area (Å²) in [6, 6.07) is 3.03. The first kappa shape index (κ1) is 18.2. The third-order valence-electron chi connectivity index (χ3n) is 5.10. The molecule has 7 heteroatoms. The Kier molecular flexibility index (Phi) is 6.52. The van der Waals surface area contributed by atoms with Gasteiger partial charge in [0.1, 0.15) is 5.69 Å². The number of carbonyl (C=O) groups excluding carboxylic acids is 1. The van der Waals surface area contributed by atoms with Gasteiger partial charge in [0, 0.05) is 13.1 Å². The molecule has 6 nitrogen and oxygen atoms in total. The van der Waals surface area contributed by atoms with Crippen molar-refractivity contribution in [2.24, 2.45) is 11.8 Å². The van der Waals surface area contributed by atoms with Gasteiger partial charge >= 0.3 is 0 Å². The lowest BCUT2D eigenvalue weighted by Crippen LogP contribution is -2.39. The van der Waals surface area contributed by atoms with Crippen LogP contribution >= 0.6 is 0 Å². The predicted molar refractivity (Wildman–Crippen MR) is 107 cm³/mol. The SMILES string of the molecule is [2H]C([2H])(F)OCC(CC(C)C)NC(=O)c1ccc(N2CCCC2)c(OCC2CC2)n1. The van der Waals surface area contributed by atoms with Gasteiger partial charge in [-0.3, -0.25) is 4.79 Å². The number of hydrogen-bond donors (Lipinski definition) is 1. The largest absolute Gasteiger partial charge is 0.476 e. The molecular weight excluding hydrogens is 361 g/mol. The Morgan fingerprint density at radius 3 is 2.79 bits per heavy atom. The highest BCUT2D eigenvalue weighted by atomic mass is 19.1. The van der Waals surface area contributed by atoms with E-state index in [1.165, 1.54) is 0 Å². The van der Waals surface area contributed by atoms with Crippen molar-refractivity contribution in [2.45, 2.75) is 52.0 Å². The zero-order valence-electron chi connectivity index (χ0n) is 18.7. The number of aromatic nitrogens is 1. The van der Waals surface area contributed by atoms with Gasteiger partial charge in [0.25, 0.3) is 5.91 Å². The van der Waals surface area contributed by atoms with Crippen LogP contribution in [0.2, 0.25) is 0 Å². The maximum atomic E-state index is 13.1. The van der Waals surface area contributed by atoms with Gasteiger partial charge in [-0.1, -0.05) is 13.8 Å². The van der Waals surface area contributed by atoms with Crippen LogP contribution in [-0.2, 0) is 4.74 Å². The van der Waals surface area contributed by atoms with E-state index in [9.17, 15) is 9.18 Å². The minimum Gasteiger partial charge on any atom is -0.476 e. The van der Waals surface area contributed by atoms with E-state index in [1.807, 2.05) is 19.9 Å². The first-order chi connectivity index (χ1) is 14.2. The van der Waals surface area contributed by atoms with Crippen LogP contribution in [0.15, 0.2) is 12.1 Å². The van der Waals surface area contributed by atoms with Crippen LogP contribution in [0.1, 0.15) is 59.2 Å². The summed E-state index contributed by atoms with van der Waals surface area (Å²) in [5, 5.41) is 2.80. The van der Waals surface area contributed by atoms with Gasteiger partial charge < -0.3 is 19.7 Å². The molecule has 2 fully saturated rings. The second kappa shape index (κ2) is 10.0. The van der Waals surface area contributed by atoms with E-state index < -0.39 is 18.8 Å². The highest BCUT2D eigenvalue weighted by Crippen LogP contribution is 2.33. The molecule has 0 spiro atoms. The number of ether oxygens (including phenoxy) is 2. The maximum absolute atomic E-state index is 13.1. The van der Waals surface area contributed by atoms with Crippen molar-refractivity contribution in [1.29, 1.82) is 0 Å². The fourth-order valence-electron chi connectivity index (χ4n) is 3.47. The van der Waals surface area contributed by atoms with E-state index in [-0.39, 0.29) is 18.2 Å². The smallest absolute Gasteiger partial charge is 0.270 e. The number of alkyl halides is 1. The molecule has 1 aliphatic carbocycles. The van der Waals surface area contributed by atoms with Crippen molar-refractivity contribution in [2.75, 3.05) is 38.0 Å². The van der Waals surface area contributed by atoms with Crippen molar-refractivity contribution >= 4 is 11.6 Å². The molecule has 0 radical (unpaired) electrons. The molecular formula is C21H32FN3O3. The van der Waals surface area contributed by atoms with Gasteiger partial charge in [0.2, 0.25) is 5.88 Å². The Morgan fingerprint density at radius 1 is 1.39 bits per heavy atom. The third-order valence-corrected chi connectivity index (χ3v) is 5.10.